The van der Waals surface area contributed by atoms with Gasteiger partial charge in [0.1, 0.15) is 22.5 Å². The molecule has 0 radical (unpaired) electrons. The molecule has 2 fully saturated rings. The van der Waals surface area contributed by atoms with E-state index in [4.69, 9.17) is 24.4 Å². The highest BCUT2D eigenvalue weighted by molar-refractivity contribution is 7.16. The Morgan fingerprint density at radius 1 is 1.14 bits per heavy atom. The SMILES string of the molecule is CN(c1nc(-c2ccc(F)cc2)c(C#N)s1)c1c2c(nc3ncc(N4CCN(C(=O)[C@H]5CCOC5)CC4)cc13)COC2. The number of halogens is 1. The van der Waals surface area contributed by atoms with Crippen molar-refractivity contribution in [2.45, 2.75) is 19.6 Å². The minimum Gasteiger partial charge on any atom is -0.381 e. The molecule has 3 aliphatic rings. The van der Waals surface area contributed by atoms with Crippen LogP contribution in [0.15, 0.2) is 36.5 Å². The molecule has 3 aliphatic heterocycles. The summed E-state index contributed by atoms with van der Waals surface area (Å²) in [4.78, 5) is 33.9. The lowest BCUT2D eigenvalue weighted by Gasteiger charge is -2.37. The Hall–Kier alpha value is -4.18. The van der Waals surface area contributed by atoms with Gasteiger partial charge in [-0.2, -0.15) is 5.26 Å². The summed E-state index contributed by atoms with van der Waals surface area (Å²) >= 11 is 1.28. The summed E-state index contributed by atoms with van der Waals surface area (Å²) in [5.41, 5.74) is 5.46. The zero-order valence-electron chi connectivity index (χ0n) is 23.0. The molecule has 10 nitrogen and oxygen atoms in total. The Kier molecular flexibility index (Phi) is 6.93. The summed E-state index contributed by atoms with van der Waals surface area (Å²) < 4.78 is 24.8. The van der Waals surface area contributed by atoms with E-state index in [0.717, 1.165) is 34.4 Å². The van der Waals surface area contributed by atoms with Gasteiger partial charge in [0.05, 0.1) is 49.0 Å². The molecule has 0 spiro atoms. The molecule has 1 aromatic carbocycles. The number of thiazole rings is 1. The van der Waals surface area contributed by atoms with E-state index in [1.165, 1.54) is 23.5 Å². The molecule has 0 N–H and O–H groups in total. The van der Waals surface area contributed by atoms with Crippen LogP contribution in [0.2, 0.25) is 0 Å². The topological polar surface area (TPSA) is 108 Å². The van der Waals surface area contributed by atoms with Crippen LogP contribution in [0.1, 0.15) is 22.6 Å². The van der Waals surface area contributed by atoms with Gasteiger partial charge >= 0.3 is 0 Å². The molecule has 6 heterocycles. The minimum atomic E-state index is -0.344. The first-order valence-corrected chi connectivity index (χ1v) is 14.7. The van der Waals surface area contributed by atoms with Crippen LogP contribution in [0.4, 0.5) is 20.9 Å². The molecule has 4 aromatic rings. The second-order valence-corrected chi connectivity index (χ2v) is 11.6. The third-order valence-electron chi connectivity index (χ3n) is 8.16. The van der Waals surface area contributed by atoms with Crippen molar-refractivity contribution in [1.82, 2.24) is 19.9 Å². The van der Waals surface area contributed by atoms with Gasteiger partial charge in [0, 0.05) is 56.3 Å². The predicted octanol–water partition coefficient (Wildman–Crippen LogP) is 4.25. The molecule has 7 rings (SSSR count). The van der Waals surface area contributed by atoms with Gasteiger partial charge in [0.25, 0.3) is 0 Å². The summed E-state index contributed by atoms with van der Waals surface area (Å²) in [7, 11) is 1.92. The van der Waals surface area contributed by atoms with Crippen LogP contribution in [0.25, 0.3) is 22.3 Å². The maximum absolute atomic E-state index is 13.6. The molecule has 3 aromatic heterocycles. The van der Waals surface area contributed by atoms with Crippen LogP contribution in [-0.4, -0.2) is 72.2 Å². The summed E-state index contributed by atoms with van der Waals surface area (Å²) in [5, 5.41) is 11.4. The molecule has 42 heavy (non-hydrogen) atoms. The third kappa shape index (κ3) is 4.73. The van der Waals surface area contributed by atoms with Crippen LogP contribution >= 0.6 is 11.3 Å². The summed E-state index contributed by atoms with van der Waals surface area (Å²) in [5.74, 6) is -0.181. The van der Waals surface area contributed by atoms with E-state index in [1.807, 2.05) is 23.0 Å². The Bertz CT molecular complexity index is 1710. The number of nitrogens with zero attached hydrogens (tertiary/aromatic N) is 7. The highest BCUT2D eigenvalue weighted by Gasteiger charge is 2.31. The number of piperazine rings is 1. The van der Waals surface area contributed by atoms with Gasteiger partial charge in [0.15, 0.2) is 10.8 Å². The fourth-order valence-electron chi connectivity index (χ4n) is 5.88. The lowest BCUT2D eigenvalue weighted by molar-refractivity contribution is -0.135. The van der Waals surface area contributed by atoms with Crippen LogP contribution in [0.5, 0.6) is 0 Å². The number of rotatable bonds is 5. The maximum atomic E-state index is 13.6. The highest BCUT2D eigenvalue weighted by Crippen LogP contribution is 2.42. The summed E-state index contributed by atoms with van der Waals surface area (Å²) in [6.45, 7) is 4.71. The number of carbonyl (C=O) groups is 1. The highest BCUT2D eigenvalue weighted by atomic mass is 32.1. The van der Waals surface area contributed by atoms with Gasteiger partial charge in [0.2, 0.25) is 5.91 Å². The molecule has 0 aliphatic carbocycles. The van der Waals surface area contributed by atoms with Gasteiger partial charge in [-0.15, -0.1) is 0 Å². The van der Waals surface area contributed by atoms with E-state index in [2.05, 4.69) is 17.0 Å². The number of anilines is 3. The van der Waals surface area contributed by atoms with E-state index in [-0.39, 0.29) is 17.6 Å². The third-order valence-corrected chi connectivity index (χ3v) is 9.20. The number of fused-ring (bicyclic) bond motifs is 2. The fourth-order valence-corrected chi connectivity index (χ4v) is 6.73. The van der Waals surface area contributed by atoms with Gasteiger partial charge in [-0.1, -0.05) is 11.3 Å². The summed E-state index contributed by atoms with van der Waals surface area (Å²) in [6, 6.07) is 10.3. The number of hydrogen-bond donors (Lipinski definition) is 0. The number of amides is 1. The quantitative estimate of drug-likeness (QED) is 0.340. The Labute approximate surface area is 245 Å². The molecule has 214 valence electrons. The van der Waals surface area contributed by atoms with E-state index in [0.29, 0.717) is 79.5 Å². The number of carbonyl (C=O) groups excluding carboxylic acids is 1. The van der Waals surface area contributed by atoms with Gasteiger partial charge in [-0.05, 0) is 36.8 Å². The van der Waals surface area contributed by atoms with Gasteiger partial charge < -0.3 is 24.2 Å². The zero-order valence-corrected chi connectivity index (χ0v) is 23.9. The number of ether oxygens (including phenoxy) is 2. The molecule has 1 amide bonds. The molecule has 0 unspecified atom stereocenters. The monoisotopic (exact) mass is 585 g/mol. The molecule has 12 heteroatoms. The number of aromatic nitrogens is 3. The Morgan fingerprint density at radius 3 is 2.69 bits per heavy atom. The number of nitriles is 1. The number of hydrogen-bond acceptors (Lipinski definition) is 10. The van der Waals surface area contributed by atoms with E-state index < -0.39 is 0 Å². The Morgan fingerprint density at radius 2 is 1.95 bits per heavy atom. The fraction of sp³-hybridized carbons (Fsp3) is 0.367. The molecular weight excluding hydrogens is 557 g/mol. The number of pyridine rings is 2. The molecule has 2 saturated heterocycles. The van der Waals surface area contributed by atoms with Crippen molar-refractivity contribution in [3.8, 4) is 17.3 Å². The largest absolute Gasteiger partial charge is 0.381 e. The standard InChI is InChI=1S/C30H28FN7O3S/c1-36(30-35-26(25(13-32)42-30)18-2-4-20(31)5-3-18)27-22-12-21(14-33-28(22)34-24-17-41-16-23(24)27)37-7-9-38(10-8-37)29(39)19-6-11-40-15-19/h2-5,12,14,19H,6-11,15-17H2,1H3/t19-/m0/s1. The normalized spacial score (nSPS) is 18.4. The van der Waals surface area contributed by atoms with Gasteiger partial charge in [-0.25, -0.2) is 19.3 Å². The first-order chi connectivity index (χ1) is 20.5. The molecule has 0 saturated carbocycles. The van der Waals surface area contributed by atoms with E-state index >= 15 is 0 Å². The van der Waals surface area contributed by atoms with Crippen molar-refractivity contribution in [2.24, 2.45) is 5.92 Å². The van der Waals surface area contributed by atoms with Crippen molar-refractivity contribution in [1.29, 1.82) is 5.26 Å². The second-order valence-electron chi connectivity index (χ2n) is 10.7. The van der Waals surface area contributed by atoms with Gasteiger partial charge in [-0.3, -0.25) is 4.79 Å². The maximum Gasteiger partial charge on any atom is 0.228 e. The molecule has 1 atom stereocenters. The average molecular weight is 586 g/mol. The van der Waals surface area contributed by atoms with E-state index in [1.54, 1.807) is 12.1 Å². The first kappa shape index (κ1) is 26.7. The van der Waals surface area contributed by atoms with Crippen molar-refractivity contribution in [3.05, 3.63) is 58.5 Å². The van der Waals surface area contributed by atoms with Crippen LogP contribution in [-0.2, 0) is 27.5 Å². The predicted molar refractivity (Wildman–Crippen MR) is 156 cm³/mol. The number of benzene rings is 1. The Balaban J connectivity index is 1.22. The molecular formula is C30H28FN7O3S. The van der Waals surface area contributed by atoms with E-state index in [9.17, 15) is 14.4 Å². The smallest absolute Gasteiger partial charge is 0.228 e. The second kappa shape index (κ2) is 10.9. The van der Waals surface area contributed by atoms with Crippen LogP contribution in [0.3, 0.4) is 0 Å². The minimum absolute atomic E-state index is 0.0247. The average Bonchev–Trinajstić information content (AvgIpc) is 3.81. The van der Waals surface area contributed by atoms with Crippen molar-refractivity contribution in [3.63, 3.8) is 0 Å². The lowest BCUT2D eigenvalue weighted by atomic mass is 10.1. The van der Waals surface area contributed by atoms with Crippen LogP contribution < -0.4 is 9.80 Å². The lowest BCUT2D eigenvalue weighted by Crippen LogP contribution is -2.50. The van der Waals surface area contributed by atoms with Crippen molar-refractivity contribution >= 4 is 44.8 Å². The molecule has 0 bridgehead atoms. The van der Waals surface area contributed by atoms with Crippen molar-refractivity contribution in [2.75, 3.05) is 56.2 Å². The van der Waals surface area contributed by atoms with Crippen LogP contribution in [0, 0.1) is 23.1 Å². The summed E-state index contributed by atoms with van der Waals surface area (Å²) in [6.07, 6.45) is 2.64. The zero-order chi connectivity index (χ0) is 28.8. The van der Waals surface area contributed by atoms with Crippen molar-refractivity contribution < 1.29 is 18.7 Å². The first-order valence-electron chi connectivity index (χ1n) is 13.9.